The number of hydrogen-bond donors (Lipinski definition) is 1. The number of nitrogens with zero attached hydrogens (tertiary/aromatic N) is 2. The lowest BCUT2D eigenvalue weighted by Crippen LogP contribution is -2.40. The van der Waals surface area contributed by atoms with Crippen molar-refractivity contribution in [1.29, 1.82) is 0 Å². The fourth-order valence-electron chi connectivity index (χ4n) is 1.83. The number of hydrogen-bond acceptors (Lipinski definition) is 4. The maximum atomic E-state index is 5.56. The minimum atomic E-state index is 0.122. The molecule has 0 saturated heterocycles. The van der Waals surface area contributed by atoms with Gasteiger partial charge in [0.15, 0.2) is 0 Å². The van der Waals surface area contributed by atoms with Crippen molar-refractivity contribution in [3.05, 3.63) is 18.1 Å². The Morgan fingerprint density at radius 3 is 2.44 bits per heavy atom. The molecule has 0 aliphatic heterocycles. The average molecular weight is 251 g/mol. The number of likely N-dealkylation sites (N-methyl/N-ethyl adjacent to an activating group) is 1. The van der Waals surface area contributed by atoms with Gasteiger partial charge in [-0.15, -0.1) is 0 Å². The minimum absolute atomic E-state index is 0.122. The van der Waals surface area contributed by atoms with Gasteiger partial charge in [0.2, 0.25) is 5.88 Å². The molecule has 0 bridgehead atoms. The lowest BCUT2D eigenvalue weighted by atomic mass is 9.84. The number of rotatable bonds is 5. The van der Waals surface area contributed by atoms with E-state index < -0.39 is 0 Å². The molecule has 0 aromatic carbocycles. The van der Waals surface area contributed by atoms with Crippen LogP contribution >= 0.6 is 0 Å². The third-order valence-corrected chi connectivity index (χ3v) is 2.83. The predicted molar refractivity (Wildman–Crippen MR) is 73.8 cm³/mol. The summed E-state index contributed by atoms with van der Waals surface area (Å²) in [5, 5.41) is 3.34. The molecular weight excluding hydrogens is 226 g/mol. The van der Waals surface area contributed by atoms with Gasteiger partial charge < -0.3 is 10.1 Å². The molecule has 1 heterocycles. The van der Waals surface area contributed by atoms with Crippen LogP contribution in [0, 0.1) is 5.41 Å². The topological polar surface area (TPSA) is 47.0 Å². The summed E-state index contributed by atoms with van der Waals surface area (Å²) in [6, 6.07) is 0.362. The summed E-state index contributed by atoms with van der Waals surface area (Å²) in [5.41, 5.74) is 1.15. The molecule has 0 radical (unpaired) electrons. The van der Waals surface area contributed by atoms with Gasteiger partial charge >= 0.3 is 0 Å². The molecule has 1 aromatic rings. The second-order valence-corrected chi connectivity index (χ2v) is 5.93. The van der Waals surface area contributed by atoms with Gasteiger partial charge in [-0.25, -0.2) is 4.98 Å². The standard InChI is InChI=1S/C14H25N3O/c1-10(2)18-13-9-16-8-11(17-13)7-12(15-6)14(3,4)5/h8-10,12,15H,7H2,1-6H3. The van der Waals surface area contributed by atoms with E-state index in [1.165, 1.54) is 0 Å². The molecule has 1 atom stereocenters. The molecule has 0 amide bonds. The normalized spacial score (nSPS) is 13.7. The molecule has 0 aliphatic carbocycles. The quantitative estimate of drug-likeness (QED) is 0.873. The summed E-state index contributed by atoms with van der Waals surface area (Å²) in [5.74, 6) is 0.603. The molecule has 1 rings (SSSR count). The summed E-state index contributed by atoms with van der Waals surface area (Å²) < 4.78 is 5.56. The van der Waals surface area contributed by atoms with Crippen LogP contribution < -0.4 is 10.1 Å². The predicted octanol–water partition coefficient (Wildman–Crippen LogP) is 2.44. The van der Waals surface area contributed by atoms with Gasteiger partial charge in [-0.05, 0) is 26.3 Å². The summed E-state index contributed by atoms with van der Waals surface area (Å²) in [6.07, 6.45) is 4.44. The molecule has 18 heavy (non-hydrogen) atoms. The van der Waals surface area contributed by atoms with Gasteiger partial charge in [-0.3, -0.25) is 4.98 Å². The van der Waals surface area contributed by atoms with Gasteiger partial charge in [0, 0.05) is 18.7 Å². The van der Waals surface area contributed by atoms with Crippen LogP contribution in [0.25, 0.3) is 0 Å². The molecule has 0 fully saturated rings. The van der Waals surface area contributed by atoms with Crippen molar-refractivity contribution in [2.75, 3.05) is 7.05 Å². The third-order valence-electron chi connectivity index (χ3n) is 2.83. The van der Waals surface area contributed by atoms with Crippen LogP contribution in [0.15, 0.2) is 12.4 Å². The Bertz CT molecular complexity index is 372. The number of nitrogens with one attached hydrogen (secondary N) is 1. The van der Waals surface area contributed by atoms with Gasteiger partial charge in [-0.1, -0.05) is 20.8 Å². The van der Waals surface area contributed by atoms with Gasteiger partial charge in [-0.2, -0.15) is 0 Å². The van der Waals surface area contributed by atoms with E-state index in [1.807, 2.05) is 27.1 Å². The second-order valence-electron chi connectivity index (χ2n) is 5.93. The summed E-state index contributed by atoms with van der Waals surface area (Å²) >= 11 is 0. The van der Waals surface area contributed by atoms with E-state index in [4.69, 9.17) is 4.74 Å². The van der Waals surface area contributed by atoms with E-state index in [1.54, 1.807) is 6.20 Å². The maximum Gasteiger partial charge on any atom is 0.232 e. The highest BCUT2D eigenvalue weighted by Crippen LogP contribution is 2.22. The molecule has 4 nitrogen and oxygen atoms in total. The smallest absolute Gasteiger partial charge is 0.232 e. The Morgan fingerprint density at radius 2 is 1.94 bits per heavy atom. The highest BCUT2D eigenvalue weighted by atomic mass is 16.5. The zero-order valence-corrected chi connectivity index (χ0v) is 12.3. The summed E-state index contributed by atoms with van der Waals surface area (Å²) in [6.45, 7) is 10.6. The van der Waals surface area contributed by atoms with E-state index in [0.29, 0.717) is 11.9 Å². The Labute approximate surface area is 110 Å². The van der Waals surface area contributed by atoms with E-state index in [2.05, 4.69) is 36.1 Å². The molecular formula is C14H25N3O. The fraction of sp³-hybridized carbons (Fsp3) is 0.714. The molecule has 102 valence electrons. The zero-order valence-electron chi connectivity index (χ0n) is 12.3. The lowest BCUT2D eigenvalue weighted by molar-refractivity contribution is 0.229. The van der Waals surface area contributed by atoms with Crippen LogP contribution in [0.1, 0.15) is 40.3 Å². The number of aromatic nitrogens is 2. The maximum absolute atomic E-state index is 5.56. The Hall–Kier alpha value is -1.16. The van der Waals surface area contributed by atoms with Crippen LogP contribution in [0.3, 0.4) is 0 Å². The highest BCUT2D eigenvalue weighted by molar-refractivity contribution is 5.10. The third kappa shape index (κ3) is 4.61. The van der Waals surface area contributed by atoms with Gasteiger partial charge in [0.25, 0.3) is 0 Å². The Morgan fingerprint density at radius 1 is 1.28 bits per heavy atom. The zero-order chi connectivity index (χ0) is 13.8. The molecule has 1 unspecified atom stereocenters. The monoisotopic (exact) mass is 251 g/mol. The van der Waals surface area contributed by atoms with Crippen LogP contribution in [0.2, 0.25) is 0 Å². The van der Waals surface area contributed by atoms with E-state index >= 15 is 0 Å². The Balaban J connectivity index is 2.78. The van der Waals surface area contributed by atoms with Crippen molar-refractivity contribution in [3.63, 3.8) is 0 Å². The van der Waals surface area contributed by atoms with Crippen LogP contribution in [0.4, 0.5) is 0 Å². The molecule has 0 aliphatic rings. The first-order valence-corrected chi connectivity index (χ1v) is 6.47. The van der Waals surface area contributed by atoms with E-state index in [9.17, 15) is 0 Å². The first-order valence-electron chi connectivity index (χ1n) is 6.47. The van der Waals surface area contributed by atoms with E-state index in [0.717, 1.165) is 12.1 Å². The SMILES string of the molecule is CNC(Cc1cncc(OC(C)C)n1)C(C)(C)C. The molecule has 1 N–H and O–H groups in total. The van der Waals surface area contributed by atoms with Crippen LogP contribution in [0.5, 0.6) is 5.88 Å². The number of ether oxygens (including phenoxy) is 1. The van der Waals surface area contributed by atoms with Crippen molar-refractivity contribution >= 4 is 0 Å². The molecule has 1 aromatic heterocycles. The minimum Gasteiger partial charge on any atom is -0.474 e. The first kappa shape index (κ1) is 14.9. The van der Waals surface area contributed by atoms with Crippen molar-refractivity contribution in [3.8, 4) is 5.88 Å². The summed E-state index contributed by atoms with van der Waals surface area (Å²) in [7, 11) is 1.98. The van der Waals surface area contributed by atoms with Gasteiger partial charge in [0.05, 0.1) is 18.0 Å². The summed E-state index contributed by atoms with van der Waals surface area (Å²) in [4.78, 5) is 8.68. The fourth-order valence-corrected chi connectivity index (χ4v) is 1.83. The van der Waals surface area contributed by atoms with Crippen molar-refractivity contribution < 1.29 is 4.74 Å². The average Bonchev–Trinajstić information content (AvgIpc) is 2.23. The van der Waals surface area contributed by atoms with Crippen molar-refractivity contribution in [2.24, 2.45) is 5.41 Å². The largest absolute Gasteiger partial charge is 0.474 e. The second kappa shape index (κ2) is 6.14. The Kier molecular flexibility index (Phi) is 5.08. The van der Waals surface area contributed by atoms with Crippen molar-refractivity contribution in [1.82, 2.24) is 15.3 Å². The van der Waals surface area contributed by atoms with Crippen LogP contribution in [-0.4, -0.2) is 29.2 Å². The molecule has 0 saturated carbocycles. The highest BCUT2D eigenvalue weighted by Gasteiger charge is 2.23. The van der Waals surface area contributed by atoms with Gasteiger partial charge in [0.1, 0.15) is 0 Å². The lowest BCUT2D eigenvalue weighted by Gasteiger charge is -2.30. The van der Waals surface area contributed by atoms with Crippen LogP contribution in [-0.2, 0) is 6.42 Å². The van der Waals surface area contributed by atoms with Crippen molar-refractivity contribution in [2.45, 2.75) is 53.2 Å². The first-order chi connectivity index (χ1) is 8.32. The van der Waals surface area contributed by atoms with E-state index in [-0.39, 0.29) is 11.5 Å². The molecule has 0 spiro atoms. The molecule has 4 heteroatoms.